The van der Waals surface area contributed by atoms with Crippen LogP contribution in [0.4, 0.5) is 13.2 Å². The minimum Gasteiger partial charge on any atom is -0.490 e. The van der Waals surface area contributed by atoms with Gasteiger partial charge in [0.25, 0.3) is 0 Å². The van der Waals surface area contributed by atoms with Gasteiger partial charge in [-0.15, -0.1) is 0 Å². The number of ether oxygens (including phenoxy) is 2. The van der Waals surface area contributed by atoms with E-state index in [-0.39, 0.29) is 11.3 Å². The van der Waals surface area contributed by atoms with Gasteiger partial charge in [0, 0.05) is 0 Å². The molecule has 1 atom stereocenters. The molecule has 0 amide bonds. The van der Waals surface area contributed by atoms with E-state index in [0.717, 1.165) is 0 Å². The lowest BCUT2D eigenvalue weighted by molar-refractivity contribution is -0.149. The fraction of sp³-hybridized carbons (Fsp3) is 0.500. The normalized spacial score (nSPS) is 13.2. The number of rotatable bonds is 5. The van der Waals surface area contributed by atoms with E-state index < -0.39 is 12.2 Å². The largest absolute Gasteiger partial charge is 0.490 e. The predicted molar refractivity (Wildman–Crippen MR) is 69.5 cm³/mol. The number of hydrogen-bond donors (Lipinski definition) is 1. The molecule has 19 heavy (non-hydrogen) atoms. The van der Waals surface area contributed by atoms with Crippen molar-refractivity contribution in [2.24, 2.45) is 5.73 Å². The quantitative estimate of drug-likeness (QED) is 0.885. The van der Waals surface area contributed by atoms with Gasteiger partial charge in [-0.2, -0.15) is 13.2 Å². The highest BCUT2D eigenvalue weighted by Crippen LogP contribution is 2.40. The van der Waals surface area contributed by atoms with Gasteiger partial charge in [0.15, 0.2) is 11.5 Å². The monoisotopic (exact) mass is 341 g/mol. The fourth-order valence-corrected chi connectivity index (χ4v) is 2.08. The van der Waals surface area contributed by atoms with Crippen molar-refractivity contribution in [3.05, 3.63) is 22.2 Å². The maximum atomic E-state index is 12.6. The molecule has 2 N–H and O–H groups in total. The summed E-state index contributed by atoms with van der Waals surface area (Å²) in [5.41, 5.74) is 5.11. The van der Waals surface area contributed by atoms with Gasteiger partial charge >= 0.3 is 6.18 Å². The van der Waals surface area contributed by atoms with Crippen LogP contribution in [0.15, 0.2) is 16.6 Å². The van der Waals surface area contributed by atoms with Gasteiger partial charge in [0.05, 0.1) is 17.7 Å². The van der Waals surface area contributed by atoms with Crippen molar-refractivity contribution in [1.29, 1.82) is 0 Å². The highest BCUT2D eigenvalue weighted by Gasteiger charge is 2.38. The van der Waals surface area contributed by atoms with Crippen LogP contribution in [0.5, 0.6) is 11.5 Å². The van der Waals surface area contributed by atoms with Crippen molar-refractivity contribution >= 4 is 15.9 Å². The summed E-state index contributed by atoms with van der Waals surface area (Å²) >= 11 is 3.18. The summed E-state index contributed by atoms with van der Waals surface area (Å²) in [6.07, 6.45) is -4.50. The molecule has 0 aromatic heterocycles. The molecule has 0 fully saturated rings. The highest BCUT2D eigenvalue weighted by molar-refractivity contribution is 9.10. The summed E-state index contributed by atoms with van der Waals surface area (Å²) in [4.78, 5) is 0. The lowest BCUT2D eigenvalue weighted by atomic mass is 10.1. The van der Waals surface area contributed by atoms with Crippen molar-refractivity contribution in [3.63, 3.8) is 0 Å². The maximum absolute atomic E-state index is 12.6. The minimum atomic E-state index is -4.50. The van der Waals surface area contributed by atoms with Crippen LogP contribution in [-0.2, 0) is 0 Å². The van der Waals surface area contributed by atoms with Gasteiger partial charge in [0.1, 0.15) is 6.04 Å². The molecule has 3 nitrogen and oxygen atoms in total. The molecule has 0 aliphatic rings. The zero-order valence-corrected chi connectivity index (χ0v) is 12.1. The van der Waals surface area contributed by atoms with E-state index in [1.807, 2.05) is 0 Å². The van der Waals surface area contributed by atoms with Crippen LogP contribution >= 0.6 is 15.9 Å². The average molecular weight is 342 g/mol. The molecule has 1 rings (SSSR count). The van der Waals surface area contributed by atoms with E-state index >= 15 is 0 Å². The Morgan fingerprint density at radius 2 is 1.79 bits per heavy atom. The molecule has 7 heteroatoms. The molecule has 0 saturated heterocycles. The van der Waals surface area contributed by atoms with Crippen LogP contribution in [0.2, 0.25) is 0 Å². The molecule has 108 valence electrons. The van der Waals surface area contributed by atoms with Gasteiger partial charge in [0.2, 0.25) is 0 Å². The number of alkyl halides is 3. The third-order valence-electron chi connectivity index (χ3n) is 2.33. The molecular formula is C12H15BrF3NO2. The Bertz CT molecular complexity index is 438. The average Bonchev–Trinajstić information content (AvgIpc) is 2.31. The maximum Gasteiger partial charge on any atom is 0.407 e. The van der Waals surface area contributed by atoms with Crippen molar-refractivity contribution in [3.8, 4) is 11.5 Å². The van der Waals surface area contributed by atoms with Crippen molar-refractivity contribution < 1.29 is 22.6 Å². The van der Waals surface area contributed by atoms with E-state index in [0.29, 0.717) is 23.4 Å². The summed E-state index contributed by atoms with van der Waals surface area (Å²) in [6, 6.07) is 0.502. The Morgan fingerprint density at radius 1 is 1.21 bits per heavy atom. The molecule has 1 aromatic rings. The molecule has 0 bridgehead atoms. The molecule has 0 radical (unpaired) electrons. The van der Waals surface area contributed by atoms with Gasteiger partial charge in [-0.25, -0.2) is 0 Å². The first-order valence-corrected chi connectivity index (χ1v) is 6.51. The highest BCUT2D eigenvalue weighted by atomic mass is 79.9. The molecular weight excluding hydrogens is 327 g/mol. The van der Waals surface area contributed by atoms with Crippen LogP contribution in [0, 0.1) is 0 Å². The van der Waals surface area contributed by atoms with Crippen LogP contribution in [0.25, 0.3) is 0 Å². The lowest BCUT2D eigenvalue weighted by Gasteiger charge is -2.19. The lowest BCUT2D eigenvalue weighted by Crippen LogP contribution is -2.28. The van der Waals surface area contributed by atoms with Crippen molar-refractivity contribution in [2.75, 3.05) is 13.2 Å². The Labute approximate surface area is 118 Å². The number of halogens is 4. The standard InChI is InChI=1S/C12H15BrF3NO2/c1-3-18-9-6-7(11(17)12(14,15)16)5-8(13)10(9)19-4-2/h5-6,11H,3-4,17H2,1-2H3/t11-/m1/s1. The van der Waals surface area contributed by atoms with E-state index in [1.54, 1.807) is 13.8 Å². The van der Waals surface area contributed by atoms with Crippen LogP contribution in [0.3, 0.4) is 0 Å². The molecule has 0 heterocycles. The molecule has 0 aliphatic heterocycles. The topological polar surface area (TPSA) is 44.5 Å². The zero-order valence-electron chi connectivity index (χ0n) is 10.6. The Morgan fingerprint density at radius 3 is 2.26 bits per heavy atom. The van der Waals surface area contributed by atoms with Gasteiger partial charge in [-0.1, -0.05) is 0 Å². The predicted octanol–water partition coefficient (Wildman–Crippen LogP) is 3.81. The fourth-order valence-electron chi connectivity index (χ4n) is 1.50. The number of nitrogens with two attached hydrogens (primary N) is 1. The third kappa shape index (κ3) is 4.01. The second-order valence-corrected chi connectivity index (χ2v) is 4.57. The summed E-state index contributed by atoms with van der Waals surface area (Å²) in [5, 5.41) is 0. The first-order valence-electron chi connectivity index (χ1n) is 5.72. The first kappa shape index (κ1) is 16.1. The molecule has 0 aliphatic carbocycles. The van der Waals surface area contributed by atoms with E-state index in [1.165, 1.54) is 12.1 Å². The molecule has 0 unspecified atom stereocenters. The summed E-state index contributed by atoms with van der Waals surface area (Å²) in [5.74, 6) is 0.621. The SMILES string of the molecule is CCOc1cc([C@@H](N)C(F)(F)F)cc(Br)c1OCC. The van der Waals surface area contributed by atoms with E-state index in [4.69, 9.17) is 15.2 Å². The summed E-state index contributed by atoms with van der Waals surface area (Å²) < 4.78 is 48.9. The first-order chi connectivity index (χ1) is 8.81. The third-order valence-corrected chi connectivity index (χ3v) is 2.92. The van der Waals surface area contributed by atoms with Crippen LogP contribution in [-0.4, -0.2) is 19.4 Å². The minimum absolute atomic E-state index is 0.0775. The molecule has 0 saturated carbocycles. The van der Waals surface area contributed by atoms with Crippen molar-refractivity contribution in [1.82, 2.24) is 0 Å². The van der Waals surface area contributed by atoms with Crippen molar-refractivity contribution in [2.45, 2.75) is 26.1 Å². The zero-order chi connectivity index (χ0) is 14.6. The number of hydrogen-bond acceptors (Lipinski definition) is 3. The Hall–Kier alpha value is -0.950. The van der Waals surface area contributed by atoms with Crippen LogP contribution in [0.1, 0.15) is 25.5 Å². The Balaban J connectivity index is 3.23. The van der Waals surface area contributed by atoms with Gasteiger partial charge < -0.3 is 15.2 Å². The molecule has 0 spiro atoms. The van der Waals surface area contributed by atoms with Crippen LogP contribution < -0.4 is 15.2 Å². The smallest absolute Gasteiger partial charge is 0.407 e. The molecule has 1 aromatic carbocycles. The van der Waals surface area contributed by atoms with E-state index in [2.05, 4.69) is 15.9 Å². The summed E-state index contributed by atoms with van der Waals surface area (Å²) in [6.45, 7) is 4.21. The van der Waals surface area contributed by atoms with E-state index in [9.17, 15) is 13.2 Å². The summed E-state index contributed by atoms with van der Waals surface area (Å²) in [7, 11) is 0. The second kappa shape index (κ2) is 6.47. The van der Waals surface area contributed by atoms with Gasteiger partial charge in [-0.3, -0.25) is 0 Å². The van der Waals surface area contributed by atoms with Gasteiger partial charge in [-0.05, 0) is 47.5 Å². The second-order valence-electron chi connectivity index (χ2n) is 3.72. The Kier molecular flexibility index (Phi) is 5.49. The number of benzene rings is 1.